The number of methoxy groups -OCH3 is 1. The Hall–Kier alpha value is -1.20. The molecule has 0 radical (unpaired) electrons. The summed E-state index contributed by atoms with van der Waals surface area (Å²) in [7, 11) is 1.67. The lowest BCUT2D eigenvalue weighted by Gasteiger charge is -1.98. The van der Waals surface area contributed by atoms with E-state index in [2.05, 4.69) is 22.2 Å². The van der Waals surface area contributed by atoms with Crippen molar-refractivity contribution >= 4 is 22.8 Å². The van der Waals surface area contributed by atoms with Gasteiger partial charge in [0.25, 0.3) is 0 Å². The number of imidazole rings is 1. The number of H-pyrrole nitrogens is 1. The minimum Gasteiger partial charge on any atom is -0.497 e. The highest BCUT2D eigenvalue weighted by Crippen LogP contribution is 2.22. The van der Waals surface area contributed by atoms with Gasteiger partial charge in [0, 0.05) is 18.4 Å². The van der Waals surface area contributed by atoms with E-state index in [-0.39, 0.29) is 0 Å². The monoisotopic (exact) mass is 251 g/mol. The molecule has 0 bridgehead atoms. The lowest BCUT2D eigenvalue weighted by atomic mass is 10.3. The first-order valence-corrected chi connectivity index (χ1v) is 6.69. The predicted octanol–water partition coefficient (Wildman–Crippen LogP) is 2.27. The zero-order valence-electron chi connectivity index (χ0n) is 10.1. The Bertz CT molecular complexity index is 484. The van der Waals surface area contributed by atoms with Gasteiger partial charge in [-0.15, -0.1) is 0 Å². The van der Waals surface area contributed by atoms with Crippen LogP contribution in [0.2, 0.25) is 0 Å². The molecule has 1 aromatic heterocycles. The number of nitrogens with zero attached hydrogens (tertiary/aromatic N) is 1. The molecule has 2 N–H and O–H groups in total. The van der Waals surface area contributed by atoms with Crippen LogP contribution in [0.25, 0.3) is 11.0 Å². The van der Waals surface area contributed by atoms with Gasteiger partial charge in [-0.25, -0.2) is 4.98 Å². The number of benzene rings is 1. The van der Waals surface area contributed by atoms with Crippen molar-refractivity contribution in [2.24, 2.45) is 0 Å². The summed E-state index contributed by atoms with van der Waals surface area (Å²) in [5.41, 5.74) is 2.01. The van der Waals surface area contributed by atoms with Crippen LogP contribution in [0.1, 0.15) is 6.92 Å². The molecule has 2 rings (SSSR count). The number of rotatable bonds is 6. The summed E-state index contributed by atoms with van der Waals surface area (Å²) in [5, 5.41) is 4.25. The number of thioether (sulfide) groups is 1. The number of aromatic nitrogens is 2. The van der Waals surface area contributed by atoms with E-state index in [0.717, 1.165) is 40.8 Å². The molecule has 0 saturated carbocycles. The van der Waals surface area contributed by atoms with Gasteiger partial charge in [0.15, 0.2) is 5.16 Å². The van der Waals surface area contributed by atoms with Crippen molar-refractivity contribution in [2.75, 3.05) is 26.0 Å². The first-order chi connectivity index (χ1) is 8.33. The predicted molar refractivity (Wildman–Crippen MR) is 71.9 cm³/mol. The Labute approximate surface area is 105 Å². The van der Waals surface area contributed by atoms with Crippen molar-refractivity contribution in [1.82, 2.24) is 15.3 Å². The quantitative estimate of drug-likeness (QED) is 0.611. The molecule has 1 heterocycles. The first-order valence-electron chi connectivity index (χ1n) is 5.70. The van der Waals surface area contributed by atoms with E-state index in [9.17, 15) is 0 Å². The summed E-state index contributed by atoms with van der Waals surface area (Å²) < 4.78 is 5.18. The third-order valence-corrected chi connectivity index (χ3v) is 3.31. The van der Waals surface area contributed by atoms with E-state index in [0.29, 0.717) is 0 Å². The minimum absolute atomic E-state index is 0.852. The summed E-state index contributed by atoms with van der Waals surface area (Å²) in [6.45, 7) is 4.12. The van der Waals surface area contributed by atoms with Gasteiger partial charge in [-0.1, -0.05) is 18.7 Å². The normalized spacial score (nSPS) is 10.9. The number of ether oxygens (including phenoxy) is 1. The SMILES string of the molecule is CCNCCSc1nc2ccc(OC)cc2[nH]1. The Balaban J connectivity index is 2.04. The van der Waals surface area contributed by atoms with Crippen LogP contribution < -0.4 is 10.1 Å². The van der Waals surface area contributed by atoms with Crippen LogP contribution >= 0.6 is 11.8 Å². The van der Waals surface area contributed by atoms with Crippen molar-refractivity contribution in [3.05, 3.63) is 18.2 Å². The van der Waals surface area contributed by atoms with Crippen LogP contribution in [0.3, 0.4) is 0 Å². The summed E-state index contributed by atoms with van der Waals surface area (Å²) >= 11 is 1.73. The van der Waals surface area contributed by atoms with Gasteiger partial charge in [-0.2, -0.15) is 0 Å². The molecule has 0 atom stereocenters. The van der Waals surface area contributed by atoms with E-state index >= 15 is 0 Å². The Morgan fingerprint density at radius 2 is 2.35 bits per heavy atom. The molecule has 0 spiro atoms. The maximum atomic E-state index is 5.18. The number of hydrogen-bond donors (Lipinski definition) is 2. The Kier molecular flexibility index (Phi) is 4.28. The van der Waals surface area contributed by atoms with Gasteiger partial charge in [-0.05, 0) is 18.7 Å². The average Bonchev–Trinajstić information content (AvgIpc) is 2.76. The number of aromatic amines is 1. The van der Waals surface area contributed by atoms with E-state index in [1.165, 1.54) is 0 Å². The fraction of sp³-hybridized carbons (Fsp3) is 0.417. The molecule has 0 unspecified atom stereocenters. The van der Waals surface area contributed by atoms with Gasteiger partial charge >= 0.3 is 0 Å². The largest absolute Gasteiger partial charge is 0.497 e. The Morgan fingerprint density at radius 3 is 3.12 bits per heavy atom. The molecular formula is C12H17N3OS. The fourth-order valence-electron chi connectivity index (χ4n) is 1.56. The van der Waals surface area contributed by atoms with Crippen LogP contribution in [0.15, 0.2) is 23.4 Å². The third kappa shape index (κ3) is 3.14. The summed E-state index contributed by atoms with van der Waals surface area (Å²) in [4.78, 5) is 7.80. The second-order valence-corrected chi connectivity index (χ2v) is 4.71. The molecule has 0 amide bonds. The van der Waals surface area contributed by atoms with Crippen molar-refractivity contribution in [3.63, 3.8) is 0 Å². The first kappa shape index (κ1) is 12.3. The Morgan fingerprint density at radius 1 is 1.47 bits per heavy atom. The van der Waals surface area contributed by atoms with Crippen LogP contribution in [0, 0.1) is 0 Å². The molecular weight excluding hydrogens is 234 g/mol. The van der Waals surface area contributed by atoms with Gasteiger partial charge in [0.05, 0.1) is 18.1 Å². The highest BCUT2D eigenvalue weighted by atomic mass is 32.2. The number of nitrogens with one attached hydrogen (secondary N) is 2. The zero-order chi connectivity index (χ0) is 12.1. The zero-order valence-corrected chi connectivity index (χ0v) is 10.9. The topological polar surface area (TPSA) is 49.9 Å². The highest BCUT2D eigenvalue weighted by molar-refractivity contribution is 7.99. The van der Waals surface area contributed by atoms with Crippen LogP contribution in [0.4, 0.5) is 0 Å². The summed E-state index contributed by atoms with van der Waals surface area (Å²) in [6.07, 6.45) is 0. The van der Waals surface area contributed by atoms with Crippen LogP contribution in [-0.4, -0.2) is 35.9 Å². The minimum atomic E-state index is 0.852. The lowest BCUT2D eigenvalue weighted by Crippen LogP contribution is -2.15. The van der Waals surface area contributed by atoms with Crippen LogP contribution in [-0.2, 0) is 0 Å². The molecule has 0 aliphatic heterocycles. The average molecular weight is 251 g/mol. The lowest BCUT2D eigenvalue weighted by molar-refractivity contribution is 0.415. The van der Waals surface area contributed by atoms with Crippen molar-refractivity contribution in [3.8, 4) is 5.75 Å². The van der Waals surface area contributed by atoms with Gasteiger partial charge in [0.2, 0.25) is 0 Å². The molecule has 92 valence electrons. The molecule has 0 saturated heterocycles. The maximum Gasteiger partial charge on any atom is 0.166 e. The molecule has 0 aliphatic rings. The summed E-state index contributed by atoms with van der Waals surface area (Å²) in [5.74, 6) is 1.87. The standard InChI is InChI=1S/C12H17N3OS/c1-3-13-6-7-17-12-14-10-5-4-9(16-2)8-11(10)15-12/h4-5,8,13H,3,6-7H2,1-2H3,(H,14,15). The van der Waals surface area contributed by atoms with E-state index in [1.807, 2.05) is 18.2 Å². The molecule has 4 nitrogen and oxygen atoms in total. The molecule has 5 heteroatoms. The van der Waals surface area contributed by atoms with Crippen molar-refractivity contribution < 1.29 is 4.74 Å². The molecule has 0 fully saturated rings. The summed E-state index contributed by atoms with van der Waals surface area (Å²) in [6, 6.07) is 5.87. The second-order valence-electron chi connectivity index (χ2n) is 3.63. The highest BCUT2D eigenvalue weighted by Gasteiger charge is 2.04. The van der Waals surface area contributed by atoms with Crippen molar-refractivity contribution in [1.29, 1.82) is 0 Å². The van der Waals surface area contributed by atoms with Gasteiger partial charge < -0.3 is 15.0 Å². The molecule has 2 aromatic rings. The maximum absolute atomic E-state index is 5.18. The molecule has 1 aromatic carbocycles. The smallest absolute Gasteiger partial charge is 0.166 e. The van der Waals surface area contributed by atoms with Crippen molar-refractivity contribution in [2.45, 2.75) is 12.1 Å². The van der Waals surface area contributed by atoms with E-state index < -0.39 is 0 Å². The van der Waals surface area contributed by atoms with Gasteiger partial charge in [-0.3, -0.25) is 0 Å². The van der Waals surface area contributed by atoms with E-state index in [1.54, 1.807) is 18.9 Å². The second kappa shape index (κ2) is 5.93. The number of hydrogen-bond acceptors (Lipinski definition) is 4. The fourth-order valence-corrected chi connectivity index (χ4v) is 2.34. The van der Waals surface area contributed by atoms with Gasteiger partial charge in [0.1, 0.15) is 5.75 Å². The number of fused-ring (bicyclic) bond motifs is 1. The third-order valence-electron chi connectivity index (χ3n) is 2.43. The molecule has 0 aliphatic carbocycles. The molecule has 17 heavy (non-hydrogen) atoms. The van der Waals surface area contributed by atoms with E-state index in [4.69, 9.17) is 4.74 Å². The van der Waals surface area contributed by atoms with Crippen LogP contribution in [0.5, 0.6) is 5.75 Å².